The average Bonchev–Trinajstić information content (AvgIpc) is 2.28. The van der Waals surface area contributed by atoms with Crippen molar-refractivity contribution >= 4 is 11.7 Å². The Bertz CT molecular complexity index is 414. The van der Waals surface area contributed by atoms with Crippen LogP contribution in [0.4, 0.5) is 5.69 Å². The van der Waals surface area contributed by atoms with Crippen molar-refractivity contribution in [2.24, 2.45) is 0 Å². The summed E-state index contributed by atoms with van der Waals surface area (Å²) in [4.78, 5) is 15.0. The first-order valence-corrected chi connectivity index (χ1v) is 5.51. The molecular formula is C12H18N2O3. The van der Waals surface area contributed by atoms with Gasteiger partial charge in [0.25, 0.3) is 0 Å². The number of nitrogens with one attached hydrogen (secondary N) is 1. The number of rotatable bonds is 5. The number of aryl methyl sites for hydroxylation is 1. The van der Waals surface area contributed by atoms with Gasteiger partial charge in [-0.15, -0.1) is 0 Å². The number of aromatic carboxylic acids is 1. The quantitative estimate of drug-likeness (QED) is 0.726. The first kappa shape index (κ1) is 13.4. The van der Waals surface area contributed by atoms with Crippen molar-refractivity contribution in [3.63, 3.8) is 0 Å². The van der Waals surface area contributed by atoms with Crippen molar-refractivity contribution in [3.05, 3.63) is 23.5 Å². The molecule has 0 bridgehead atoms. The zero-order valence-electron chi connectivity index (χ0n) is 10.3. The topological polar surface area (TPSA) is 82.5 Å². The summed E-state index contributed by atoms with van der Waals surface area (Å²) >= 11 is 0. The van der Waals surface area contributed by atoms with Crippen molar-refractivity contribution in [1.29, 1.82) is 0 Å². The molecule has 0 fully saturated rings. The van der Waals surface area contributed by atoms with Crippen LogP contribution in [0.3, 0.4) is 0 Å². The smallest absolute Gasteiger partial charge is 0.339 e. The van der Waals surface area contributed by atoms with Crippen LogP contribution in [0, 0.1) is 6.92 Å². The molecule has 17 heavy (non-hydrogen) atoms. The van der Waals surface area contributed by atoms with Gasteiger partial charge in [-0.2, -0.15) is 0 Å². The molecule has 0 aliphatic carbocycles. The zero-order valence-corrected chi connectivity index (χ0v) is 10.3. The van der Waals surface area contributed by atoms with Crippen molar-refractivity contribution < 1.29 is 15.0 Å². The summed E-state index contributed by atoms with van der Waals surface area (Å²) in [7, 11) is 0. The van der Waals surface area contributed by atoms with E-state index in [0.717, 1.165) is 5.69 Å². The Morgan fingerprint density at radius 2 is 2.24 bits per heavy atom. The van der Waals surface area contributed by atoms with E-state index >= 15 is 0 Å². The standard InChI is InChI=1S/C12H18N2O3/c1-4-12(3,7-15)14-10-5-8(2)13-6-9(10)11(16)17/h5-6,15H,4,7H2,1-3H3,(H,13,14)(H,16,17). The highest BCUT2D eigenvalue weighted by atomic mass is 16.4. The minimum atomic E-state index is -1.03. The Morgan fingerprint density at radius 1 is 1.59 bits per heavy atom. The van der Waals surface area contributed by atoms with Crippen LogP contribution in [0.1, 0.15) is 36.3 Å². The van der Waals surface area contributed by atoms with Crippen LogP contribution in [-0.4, -0.2) is 33.3 Å². The lowest BCUT2D eigenvalue weighted by molar-refractivity contribution is 0.0697. The second-order valence-electron chi connectivity index (χ2n) is 4.37. The van der Waals surface area contributed by atoms with Gasteiger partial charge in [0.15, 0.2) is 0 Å². The minimum absolute atomic E-state index is 0.0655. The molecule has 5 nitrogen and oxygen atoms in total. The summed E-state index contributed by atoms with van der Waals surface area (Å²) in [6, 6.07) is 1.67. The highest BCUT2D eigenvalue weighted by molar-refractivity contribution is 5.94. The Balaban J connectivity index is 3.12. The summed E-state index contributed by atoms with van der Waals surface area (Å²) in [6.07, 6.45) is 2.01. The van der Waals surface area contributed by atoms with E-state index in [-0.39, 0.29) is 12.2 Å². The summed E-state index contributed by atoms with van der Waals surface area (Å²) in [5.41, 5.74) is 0.805. The number of pyridine rings is 1. The molecule has 1 unspecified atom stereocenters. The number of hydrogen-bond acceptors (Lipinski definition) is 4. The fraction of sp³-hybridized carbons (Fsp3) is 0.500. The van der Waals surface area contributed by atoms with E-state index in [0.29, 0.717) is 12.1 Å². The van der Waals surface area contributed by atoms with Crippen LogP contribution >= 0.6 is 0 Å². The summed E-state index contributed by atoms with van der Waals surface area (Å²) in [5.74, 6) is -1.03. The predicted octanol–water partition coefficient (Wildman–Crippen LogP) is 1.66. The third-order valence-corrected chi connectivity index (χ3v) is 2.84. The molecule has 5 heteroatoms. The molecule has 0 aromatic carbocycles. The lowest BCUT2D eigenvalue weighted by Gasteiger charge is -2.29. The largest absolute Gasteiger partial charge is 0.478 e. The van der Waals surface area contributed by atoms with Crippen molar-refractivity contribution in [2.75, 3.05) is 11.9 Å². The maximum absolute atomic E-state index is 11.1. The molecule has 0 radical (unpaired) electrons. The van der Waals surface area contributed by atoms with Crippen LogP contribution in [0.15, 0.2) is 12.3 Å². The number of anilines is 1. The van der Waals surface area contributed by atoms with E-state index in [9.17, 15) is 9.90 Å². The van der Waals surface area contributed by atoms with E-state index in [2.05, 4.69) is 10.3 Å². The lowest BCUT2D eigenvalue weighted by Crippen LogP contribution is -2.38. The van der Waals surface area contributed by atoms with Gasteiger partial charge >= 0.3 is 5.97 Å². The fourth-order valence-corrected chi connectivity index (χ4v) is 1.40. The van der Waals surface area contributed by atoms with Crippen molar-refractivity contribution in [2.45, 2.75) is 32.7 Å². The van der Waals surface area contributed by atoms with E-state index in [1.807, 2.05) is 13.8 Å². The number of aliphatic hydroxyl groups excluding tert-OH is 1. The van der Waals surface area contributed by atoms with E-state index < -0.39 is 11.5 Å². The van der Waals surface area contributed by atoms with Crippen LogP contribution < -0.4 is 5.32 Å². The Hall–Kier alpha value is -1.62. The number of aliphatic hydroxyl groups is 1. The van der Waals surface area contributed by atoms with Gasteiger partial charge in [0.2, 0.25) is 0 Å². The van der Waals surface area contributed by atoms with Gasteiger partial charge in [-0.1, -0.05) is 6.92 Å². The first-order valence-electron chi connectivity index (χ1n) is 5.51. The molecule has 0 aliphatic rings. The van der Waals surface area contributed by atoms with Crippen molar-refractivity contribution in [3.8, 4) is 0 Å². The molecule has 0 spiro atoms. The maximum Gasteiger partial charge on any atom is 0.339 e. The molecule has 1 atom stereocenters. The van der Waals surface area contributed by atoms with Gasteiger partial charge in [-0.05, 0) is 26.3 Å². The average molecular weight is 238 g/mol. The summed E-state index contributed by atoms with van der Waals surface area (Å²) in [6.45, 7) is 5.50. The third kappa shape index (κ3) is 3.17. The minimum Gasteiger partial charge on any atom is -0.478 e. The molecule has 0 saturated carbocycles. The van der Waals surface area contributed by atoms with Gasteiger partial charge < -0.3 is 15.5 Å². The number of nitrogens with zero attached hydrogens (tertiary/aromatic N) is 1. The van der Waals surface area contributed by atoms with Crippen LogP contribution in [0.5, 0.6) is 0 Å². The van der Waals surface area contributed by atoms with Gasteiger partial charge in [-0.25, -0.2) is 4.79 Å². The molecule has 0 saturated heterocycles. The van der Waals surface area contributed by atoms with Crippen LogP contribution in [0.2, 0.25) is 0 Å². The molecular weight excluding hydrogens is 220 g/mol. The molecule has 0 aliphatic heterocycles. The zero-order chi connectivity index (χ0) is 13.1. The highest BCUT2D eigenvalue weighted by Crippen LogP contribution is 2.22. The first-order chi connectivity index (χ1) is 7.91. The predicted molar refractivity (Wildman–Crippen MR) is 65.3 cm³/mol. The molecule has 1 heterocycles. The van der Waals surface area contributed by atoms with Crippen LogP contribution in [-0.2, 0) is 0 Å². The fourth-order valence-electron chi connectivity index (χ4n) is 1.40. The second-order valence-corrected chi connectivity index (χ2v) is 4.37. The highest BCUT2D eigenvalue weighted by Gasteiger charge is 2.23. The van der Waals surface area contributed by atoms with Gasteiger partial charge in [0.05, 0.1) is 17.8 Å². The summed E-state index contributed by atoms with van der Waals surface area (Å²) in [5, 5.41) is 21.5. The molecule has 1 aromatic rings. The SMILES string of the molecule is CCC(C)(CO)Nc1cc(C)ncc1C(=O)O. The molecule has 1 rings (SSSR count). The summed E-state index contributed by atoms with van der Waals surface area (Å²) < 4.78 is 0. The molecule has 0 amide bonds. The van der Waals surface area contributed by atoms with E-state index in [1.165, 1.54) is 6.20 Å². The Kier molecular flexibility index (Phi) is 4.07. The lowest BCUT2D eigenvalue weighted by atomic mass is 9.99. The number of carbonyl (C=O) groups is 1. The monoisotopic (exact) mass is 238 g/mol. The van der Waals surface area contributed by atoms with E-state index in [1.54, 1.807) is 13.0 Å². The molecule has 94 valence electrons. The number of aromatic nitrogens is 1. The van der Waals surface area contributed by atoms with Crippen LogP contribution in [0.25, 0.3) is 0 Å². The Morgan fingerprint density at radius 3 is 2.71 bits per heavy atom. The van der Waals surface area contributed by atoms with Gasteiger partial charge in [-0.3, -0.25) is 4.98 Å². The number of carboxylic acids is 1. The Labute approximate surface area is 101 Å². The maximum atomic E-state index is 11.1. The number of hydrogen-bond donors (Lipinski definition) is 3. The van der Waals surface area contributed by atoms with Gasteiger partial charge in [0, 0.05) is 11.9 Å². The molecule has 3 N–H and O–H groups in total. The second kappa shape index (κ2) is 5.14. The van der Waals surface area contributed by atoms with Crippen molar-refractivity contribution in [1.82, 2.24) is 4.98 Å². The van der Waals surface area contributed by atoms with Gasteiger partial charge in [0.1, 0.15) is 5.56 Å². The van der Waals surface area contributed by atoms with E-state index in [4.69, 9.17) is 5.11 Å². The third-order valence-electron chi connectivity index (χ3n) is 2.84. The number of carboxylic acid groups (broad SMARTS) is 1. The normalized spacial score (nSPS) is 14.1. The molecule has 1 aromatic heterocycles.